The van der Waals surface area contributed by atoms with E-state index in [9.17, 15) is 14.4 Å². The molecular formula is C39H52O7. The standard InChI is InChI=1S/C39H52O7/c1-3-9-29-10-14-31(15-11-29)33-18-23-37(34(26-33)27-40)45-28-30-12-16-32(17-13-30)39(42)46-36-21-19-35(20-22-36)43-24-7-5-6-8-25-44-38(41)4-2/h4,18-23,26-27,29-32H,2-3,5-17,24-25,28H2,1H3. The highest BCUT2D eigenvalue weighted by molar-refractivity contribution is 5.81. The highest BCUT2D eigenvalue weighted by atomic mass is 16.5. The van der Waals surface area contributed by atoms with Crippen LogP contribution < -0.4 is 14.2 Å². The second-order valence-electron chi connectivity index (χ2n) is 13.0. The van der Waals surface area contributed by atoms with Crippen LogP contribution in [-0.4, -0.2) is 38.0 Å². The van der Waals surface area contributed by atoms with E-state index in [1.807, 2.05) is 24.3 Å². The molecule has 2 aromatic carbocycles. The van der Waals surface area contributed by atoms with Gasteiger partial charge in [0.1, 0.15) is 17.2 Å². The molecule has 0 amide bonds. The van der Waals surface area contributed by atoms with Crippen molar-refractivity contribution < 1.29 is 33.3 Å². The summed E-state index contributed by atoms with van der Waals surface area (Å²) in [7, 11) is 0. The van der Waals surface area contributed by atoms with Crippen LogP contribution in [-0.2, 0) is 14.3 Å². The second-order valence-corrected chi connectivity index (χ2v) is 13.0. The van der Waals surface area contributed by atoms with Gasteiger partial charge in [0.15, 0.2) is 6.29 Å². The van der Waals surface area contributed by atoms with Crippen LogP contribution in [0.4, 0.5) is 0 Å². The minimum absolute atomic E-state index is 0.121. The van der Waals surface area contributed by atoms with Crippen molar-refractivity contribution in [2.24, 2.45) is 17.8 Å². The topological polar surface area (TPSA) is 88.1 Å². The monoisotopic (exact) mass is 632 g/mol. The third-order valence-corrected chi connectivity index (χ3v) is 9.59. The van der Waals surface area contributed by atoms with Crippen LogP contribution in [0.5, 0.6) is 17.2 Å². The maximum absolute atomic E-state index is 12.9. The molecule has 0 spiro atoms. The number of hydrogen-bond donors (Lipinski definition) is 0. The predicted octanol–water partition coefficient (Wildman–Crippen LogP) is 9.03. The lowest BCUT2D eigenvalue weighted by Crippen LogP contribution is -2.27. The summed E-state index contributed by atoms with van der Waals surface area (Å²) in [6.45, 7) is 7.21. The van der Waals surface area contributed by atoms with Crippen molar-refractivity contribution in [3.63, 3.8) is 0 Å². The minimum atomic E-state index is -0.382. The van der Waals surface area contributed by atoms with Crippen molar-refractivity contribution in [2.75, 3.05) is 19.8 Å². The second kappa shape index (κ2) is 19.1. The van der Waals surface area contributed by atoms with Gasteiger partial charge in [-0.3, -0.25) is 9.59 Å². The highest BCUT2D eigenvalue weighted by Gasteiger charge is 2.28. The first-order chi connectivity index (χ1) is 22.5. The van der Waals surface area contributed by atoms with Gasteiger partial charge in [-0.15, -0.1) is 0 Å². The average molecular weight is 633 g/mol. The van der Waals surface area contributed by atoms with Crippen molar-refractivity contribution in [1.82, 2.24) is 0 Å². The molecule has 2 aromatic rings. The van der Waals surface area contributed by atoms with Crippen molar-refractivity contribution in [3.05, 3.63) is 66.2 Å². The molecule has 2 aliphatic carbocycles. The maximum Gasteiger partial charge on any atom is 0.330 e. The van der Waals surface area contributed by atoms with Gasteiger partial charge in [0.25, 0.3) is 0 Å². The quantitative estimate of drug-likeness (QED) is 0.0533. The Kier molecular flexibility index (Phi) is 14.7. The van der Waals surface area contributed by atoms with Gasteiger partial charge in [0.05, 0.1) is 31.3 Å². The number of rotatable bonds is 18. The summed E-state index contributed by atoms with van der Waals surface area (Å²) in [4.78, 5) is 35.8. The number of carbonyl (C=O) groups is 3. The molecule has 2 fully saturated rings. The van der Waals surface area contributed by atoms with Gasteiger partial charge < -0.3 is 18.9 Å². The van der Waals surface area contributed by atoms with Crippen LogP contribution in [0.1, 0.15) is 119 Å². The maximum atomic E-state index is 12.9. The molecule has 4 rings (SSSR count). The predicted molar refractivity (Wildman–Crippen MR) is 180 cm³/mol. The number of unbranched alkanes of at least 4 members (excludes halogenated alkanes) is 3. The van der Waals surface area contributed by atoms with Gasteiger partial charge in [0, 0.05) is 6.08 Å². The molecule has 0 aromatic heterocycles. The Morgan fingerprint density at radius 1 is 0.804 bits per heavy atom. The fourth-order valence-electron chi connectivity index (χ4n) is 6.79. The smallest absolute Gasteiger partial charge is 0.330 e. The Morgan fingerprint density at radius 3 is 2.15 bits per heavy atom. The molecule has 7 nitrogen and oxygen atoms in total. The Morgan fingerprint density at radius 2 is 1.48 bits per heavy atom. The van der Waals surface area contributed by atoms with Crippen molar-refractivity contribution in [1.29, 1.82) is 0 Å². The zero-order valence-corrected chi connectivity index (χ0v) is 27.6. The van der Waals surface area contributed by atoms with Crippen molar-refractivity contribution in [3.8, 4) is 17.2 Å². The first-order valence-electron chi connectivity index (χ1n) is 17.4. The van der Waals surface area contributed by atoms with Crippen molar-refractivity contribution >= 4 is 18.2 Å². The third kappa shape index (κ3) is 11.3. The molecule has 0 unspecified atom stereocenters. The molecule has 250 valence electrons. The Bertz CT molecular complexity index is 1240. The van der Waals surface area contributed by atoms with Crippen LogP contribution in [0.25, 0.3) is 0 Å². The summed E-state index contributed by atoms with van der Waals surface area (Å²) in [5.41, 5.74) is 1.90. The Balaban J connectivity index is 1.11. The lowest BCUT2D eigenvalue weighted by Gasteiger charge is -2.29. The molecule has 0 bridgehead atoms. The number of hydrogen-bond acceptors (Lipinski definition) is 7. The van der Waals surface area contributed by atoms with E-state index in [0.29, 0.717) is 48.7 Å². The van der Waals surface area contributed by atoms with E-state index in [4.69, 9.17) is 18.9 Å². The number of carbonyl (C=O) groups excluding carboxylic acids is 3. The van der Waals surface area contributed by atoms with Crippen LogP contribution in [0.15, 0.2) is 55.1 Å². The van der Waals surface area contributed by atoms with Crippen LogP contribution in [0.3, 0.4) is 0 Å². The molecule has 0 atom stereocenters. The van der Waals surface area contributed by atoms with E-state index >= 15 is 0 Å². The number of aldehydes is 1. The molecule has 0 radical (unpaired) electrons. The van der Waals surface area contributed by atoms with Gasteiger partial charge in [-0.2, -0.15) is 0 Å². The van der Waals surface area contributed by atoms with E-state index < -0.39 is 0 Å². The van der Waals surface area contributed by atoms with E-state index in [1.165, 1.54) is 50.2 Å². The lowest BCUT2D eigenvalue weighted by atomic mass is 9.77. The summed E-state index contributed by atoms with van der Waals surface area (Å²) in [6.07, 6.45) is 16.7. The zero-order valence-electron chi connectivity index (χ0n) is 27.6. The largest absolute Gasteiger partial charge is 0.494 e. The summed E-state index contributed by atoms with van der Waals surface area (Å²) in [5, 5.41) is 0. The van der Waals surface area contributed by atoms with E-state index in [2.05, 4.69) is 19.6 Å². The normalized spacial score (nSPS) is 21.2. The molecular weight excluding hydrogens is 580 g/mol. The summed E-state index contributed by atoms with van der Waals surface area (Å²) in [6, 6.07) is 13.4. The Hall–Kier alpha value is -3.61. The van der Waals surface area contributed by atoms with Gasteiger partial charge in [-0.25, -0.2) is 4.79 Å². The van der Waals surface area contributed by atoms with Crippen molar-refractivity contribution in [2.45, 2.75) is 103 Å². The molecule has 2 aliphatic rings. The van der Waals surface area contributed by atoms with Crippen LogP contribution in [0.2, 0.25) is 0 Å². The lowest BCUT2D eigenvalue weighted by molar-refractivity contribution is -0.140. The van der Waals surface area contributed by atoms with E-state index in [-0.39, 0.29) is 17.9 Å². The van der Waals surface area contributed by atoms with Gasteiger partial charge in [0.2, 0.25) is 0 Å². The fraction of sp³-hybridized carbons (Fsp3) is 0.564. The molecule has 0 saturated heterocycles. The molecule has 0 aliphatic heterocycles. The number of ether oxygens (including phenoxy) is 4. The highest BCUT2D eigenvalue weighted by Crippen LogP contribution is 2.39. The first-order valence-corrected chi connectivity index (χ1v) is 17.4. The van der Waals surface area contributed by atoms with E-state index in [1.54, 1.807) is 12.1 Å². The van der Waals surface area contributed by atoms with Crippen LogP contribution in [0, 0.1) is 17.8 Å². The third-order valence-electron chi connectivity index (χ3n) is 9.59. The minimum Gasteiger partial charge on any atom is -0.494 e. The SMILES string of the molecule is C=CC(=O)OCCCCCCOc1ccc(OC(=O)C2CCC(COc3ccc(C4CCC(CCC)CC4)cc3C=O)CC2)cc1. The number of benzene rings is 2. The Labute approximate surface area is 275 Å². The molecule has 0 N–H and O–H groups in total. The van der Waals surface area contributed by atoms with Gasteiger partial charge in [-0.1, -0.05) is 32.4 Å². The van der Waals surface area contributed by atoms with Gasteiger partial charge >= 0.3 is 11.9 Å². The average Bonchev–Trinajstić information content (AvgIpc) is 3.09. The zero-order chi connectivity index (χ0) is 32.6. The first kappa shape index (κ1) is 35.2. The molecule has 2 saturated carbocycles. The van der Waals surface area contributed by atoms with Gasteiger partial charge in [-0.05, 0) is 137 Å². The van der Waals surface area contributed by atoms with E-state index in [0.717, 1.165) is 69.3 Å². The molecule has 46 heavy (non-hydrogen) atoms. The number of esters is 2. The molecule has 0 heterocycles. The summed E-state index contributed by atoms with van der Waals surface area (Å²) < 4.78 is 22.6. The molecule has 7 heteroatoms. The summed E-state index contributed by atoms with van der Waals surface area (Å²) in [5.74, 6) is 2.99. The van der Waals surface area contributed by atoms with Crippen LogP contribution >= 0.6 is 0 Å². The summed E-state index contributed by atoms with van der Waals surface area (Å²) >= 11 is 0. The fourth-order valence-corrected chi connectivity index (χ4v) is 6.79.